The second-order valence-electron chi connectivity index (χ2n) is 19.1. The third-order valence-corrected chi connectivity index (χ3v) is 13.3. The van der Waals surface area contributed by atoms with Gasteiger partial charge in [-0.15, -0.1) is 0 Å². The molecule has 2 amide bonds. The van der Waals surface area contributed by atoms with E-state index in [4.69, 9.17) is 28.5 Å². The lowest BCUT2D eigenvalue weighted by Gasteiger charge is -2.48. The number of hydrogen-bond acceptors (Lipinski definition) is 12. The number of unbranched alkanes of at least 4 members (excludes halogenated alkanes) is 4. The van der Waals surface area contributed by atoms with Gasteiger partial charge in [0.15, 0.2) is 11.8 Å². The number of allylic oxidation sites excluding steroid dienone is 1. The molecule has 2 bridgehead atoms. The molecular formula is C47H69N3O11. The predicted octanol–water partition coefficient (Wildman–Crippen LogP) is 5.81. The van der Waals surface area contributed by atoms with E-state index in [1.54, 1.807) is 25.8 Å². The summed E-state index contributed by atoms with van der Waals surface area (Å²) in [5, 5.41) is 17.3. The van der Waals surface area contributed by atoms with Gasteiger partial charge in [0.25, 0.3) is 0 Å². The van der Waals surface area contributed by atoms with Crippen molar-refractivity contribution in [3.63, 3.8) is 0 Å². The van der Waals surface area contributed by atoms with Crippen molar-refractivity contribution in [3.05, 3.63) is 41.5 Å². The molecule has 6 aliphatic rings. The summed E-state index contributed by atoms with van der Waals surface area (Å²) < 4.78 is 31.3. The van der Waals surface area contributed by atoms with Crippen LogP contribution in [0.1, 0.15) is 142 Å². The minimum atomic E-state index is -1.39. The average molecular weight is 852 g/mol. The summed E-state index contributed by atoms with van der Waals surface area (Å²) in [5.74, 6) is -2.23. The first-order valence-corrected chi connectivity index (χ1v) is 23.1. The molecule has 4 aliphatic heterocycles. The lowest BCUT2D eigenvalue weighted by molar-refractivity contribution is -0.224. The maximum absolute atomic E-state index is 14.9. The summed E-state index contributed by atoms with van der Waals surface area (Å²) in [6, 6.07) is 6.30. The number of rotatable bonds is 21. The SMILES string of the molecule is CCCCCC1(CCCCC)OC2C3CC4(C(=O)NCCC(=O)NC(CO)CCC(=O)OC(C)(C)C)C(ON(Cc5ccccc5C=CC5CCC6OC6C5)C4C(=O)O3)C2O1. The zero-order valence-corrected chi connectivity index (χ0v) is 36.9. The highest BCUT2D eigenvalue weighted by atomic mass is 16.8. The smallest absolute Gasteiger partial charge is 0.327 e. The summed E-state index contributed by atoms with van der Waals surface area (Å²) in [6.07, 6.45) is 13.2. The molecule has 2 saturated carbocycles. The lowest BCUT2D eigenvalue weighted by Crippen LogP contribution is -2.69. The highest BCUT2D eigenvalue weighted by Crippen LogP contribution is 2.58. The monoisotopic (exact) mass is 851 g/mol. The van der Waals surface area contributed by atoms with E-state index < -0.39 is 77.1 Å². The second-order valence-corrected chi connectivity index (χ2v) is 19.1. The standard InChI is InChI=1S/C47H69N3O11/c1-6-8-12-23-46(24-13-9-7-2)59-39-36-27-47(44(55)48-25-22-37(52)49-33(29-51)19-21-38(53)58-45(3,4)5)41(43(54)57-36)50(61-42(47)40(39)60-46)28-32-15-11-10-14-31(32)18-16-30-17-20-34-35(26-30)56-34/h10-11,14-16,18,30,33-36,39-42,51H,6-9,12-13,17,19-29H2,1-5H3,(H,48,55)(H,49,52). The highest BCUT2D eigenvalue weighted by Gasteiger charge is 2.76. The fraction of sp³-hybridized carbons (Fsp3) is 0.745. The number of hydrogen-bond donors (Lipinski definition) is 3. The molecule has 7 rings (SSSR count). The van der Waals surface area contributed by atoms with Crippen LogP contribution >= 0.6 is 0 Å². The van der Waals surface area contributed by atoms with Gasteiger partial charge in [0.1, 0.15) is 35.4 Å². The van der Waals surface area contributed by atoms with Crippen LogP contribution in [0.3, 0.4) is 0 Å². The van der Waals surface area contributed by atoms with Gasteiger partial charge in [-0.2, -0.15) is 5.06 Å². The summed E-state index contributed by atoms with van der Waals surface area (Å²) >= 11 is 0. The molecule has 4 heterocycles. The normalized spacial score (nSPS) is 31.5. The molecule has 1 aromatic carbocycles. The molecule has 10 atom stereocenters. The van der Waals surface area contributed by atoms with Gasteiger partial charge in [-0.1, -0.05) is 75.9 Å². The molecule has 14 heteroatoms. The molecule has 0 spiro atoms. The Bertz CT molecular complexity index is 1740. The number of fused-ring (bicyclic) bond motifs is 5. The Labute approximate surface area is 361 Å². The van der Waals surface area contributed by atoms with Crippen molar-refractivity contribution < 1.29 is 52.8 Å². The number of carbonyl (C=O) groups excluding carboxylic acids is 4. The Hall–Kier alpha value is -3.40. The van der Waals surface area contributed by atoms with Gasteiger partial charge in [-0.25, -0.2) is 0 Å². The van der Waals surface area contributed by atoms with Crippen molar-refractivity contribution in [2.75, 3.05) is 13.2 Å². The quantitative estimate of drug-likeness (QED) is 0.0771. The van der Waals surface area contributed by atoms with Crippen molar-refractivity contribution in [3.8, 4) is 0 Å². The van der Waals surface area contributed by atoms with Crippen LogP contribution in [0.15, 0.2) is 30.3 Å². The van der Waals surface area contributed by atoms with E-state index >= 15 is 0 Å². The van der Waals surface area contributed by atoms with E-state index in [1.165, 1.54) is 0 Å². The van der Waals surface area contributed by atoms with Crippen LogP contribution in [0, 0.1) is 11.3 Å². The van der Waals surface area contributed by atoms with Crippen LogP contribution in [0.25, 0.3) is 6.08 Å². The fourth-order valence-electron chi connectivity index (χ4n) is 10.2. The largest absolute Gasteiger partial charge is 0.460 e. The van der Waals surface area contributed by atoms with Crippen molar-refractivity contribution in [2.24, 2.45) is 11.3 Å². The van der Waals surface area contributed by atoms with Crippen molar-refractivity contribution in [1.29, 1.82) is 0 Å². The molecule has 4 saturated heterocycles. The van der Waals surface area contributed by atoms with E-state index in [2.05, 4.69) is 42.7 Å². The molecule has 10 unspecified atom stereocenters. The first-order valence-electron chi connectivity index (χ1n) is 23.1. The number of amides is 2. The highest BCUT2D eigenvalue weighted by molar-refractivity contribution is 5.94. The number of nitrogens with zero attached hydrogens (tertiary/aromatic N) is 1. The summed E-state index contributed by atoms with van der Waals surface area (Å²) in [5.41, 5.74) is -0.0884. The first kappa shape index (κ1) is 45.6. The van der Waals surface area contributed by atoms with Gasteiger partial charge in [0.2, 0.25) is 11.8 Å². The first-order chi connectivity index (χ1) is 29.3. The van der Waals surface area contributed by atoms with Crippen molar-refractivity contribution in [1.82, 2.24) is 15.7 Å². The molecule has 6 fully saturated rings. The maximum atomic E-state index is 14.9. The Morgan fingerprint density at radius 2 is 1.72 bits per heavy atom. The molecule has 3 N–H and O–H groups in total. The molecule has 61 heavy (non-hydrogen) atoms. The Balaban J connectivity index is 1.10. The van der Waals surface area contributed by atoms with E-state index in [1.807, 2.05) is 18.2 Å². The number of benzene rings is 1. The minimum Gasteiger partial charge on any atom is -0.460 e. The number of nitrogens with one attached hydrogen (secondary N) is 2. The maximum Gasteiger partial charge on any atom is 0.327 e. The Morgan fingerprint density at radius 1 is 0.984 bits per heavy atom. The molecule has 338 valence electrons. The van der Waals surface area contributed by atoms with Crippen LogP contribution in [0.5, 0.6) is 0 Å². The Kier molecular flexibility index (Phi) is 14.6. The topological polar surface area (TPSA) is 174 Å². The second kappa shape index (κ2) is 19.6. The van der Waals surface area contributed by atoms with E-state index in [0.717, 1.165) is 68.9 Å². The predicted molar refractivity (Wildman–Crippen MR) is 225 cm³/mol. The zero-order chi connectivity index (χ0) is 43.4. The third-order valence-electron chi connectivity index (χ3n) is 13.3. The molecule has 0 radical (unpaired) electrons. The fourth-order valence-corrected chi connectivity index (χ4v) is 10.2. The van der Waals surface area contributed by atoms with Gasteiger partial charge in [-0.3, -0.25) is 24.0 Å². The lowest BCUT2D eigenvalue weighted by atomic mass is 9.62. The summed E-state index contributed by atoms with van der Waals surface area (Å²) in [4.78, 5) is 61.5. The van der Waals surface area contributed by atoms with E-state index in [9.17, 15) is 24.3 Å². The molecule has 14 nitrogen and oxygen atoms in total. The van der Waals surface area contributed by atoms with Crippen molar-refractivity contribution >= 4 is 29.8 Å². The number of aliphatic hydroxyl groups excluding tert-OH is 1. The number of esters is 2. The van der Waals surface area contributed by atoms with Gasteiger partial charge in [0, 0.05) is 38.6 Å². The van der Waals surface area contributed by atoms with Gasteiger partial charge in [0.05, 0.1) is 31.4 Å². The molecule has 1 aromatic rings. The third kappa shape index (κ3) is 10.5. The van der Waals surface area contributed by atoms with Crippen LogP contribution in [-0.4, -0.2) is 107 Å². The van der Waals surface area contributed by atoms with E-state index in [-0.39, 0.29) is 45.4 Å². The van der Waals surface area contributed by atoms with Gasteiger partial charge >= 0.3 is 11.9 Å². The average Bonchev–Trinajstić information content (AvgIpc) is 3.76. The van der Waals surface area contributed by atoms with Gasteiger partial charge < -0.3 is 39.4 Å². The number of epoxide rings is 1. The molecule has 0 aromatic heterocycles. The zero-order valence-electron chi connectivity index (χ0n) is 36.9. The molecule has 2 aliphatic carbocycles. The number of aliphatic hydroxyl groups is 1. The van der Waals surface area contributed by atoms with Crippen molar-refractivity contribution in [2.45, 2.75) is 198 Å². The number of hydroxylamine groups is 2. The van der Waals surface area contributed by atoms with Crippen LogP contribution in [-0.2, 0) is 54.2 Å². The number of ether oxygens (including phenoxy) is 5. The summed E-state index contributed by atoms with van der Waals surface area (Å²) in [6.45, 7) is 9.49. The van der Waals surface area contributed by atoms with E-state index in [0.29, 0.717) is 31.0 Å². The van der Waals surface area contributed by atoms with Gasteiger partial charge in [-0.05, 0) is 76.3 Å². The van der Waals surface area contributed by atoms with Crippen LogP contribution in [0.2, 0.25) is 0 Å². The van der Waals surface area contributed by atoms with Crippen LogP contribution < -0.4 is 10.6 Å². The Morgan fingerprint density at radius 3 is 2.43 bits per heavy atom. The van der Waals surface area contributed by atoms with Crippen LogP contribution in [0.4, 0.5) is 0 Å². The summed E-state index contributed by atoms with van der Waals surface area (Å²) in [7, 11) is 0. The number of carbonyl (C=O) groups is 4. The molecular weight excluding hydrogens is 783 g/mol. The minimum absolute atomic E-state index is 0.0271.